The molecule has 2 N–H and O–H groups in total. The van der Waals surface area contributed by atoms with Crippen LogP contribution in [0, 0.1) is 17.3 Å². The lowest BCUT2D eigenvalue weighted by Crippen LogP contribution is -2.68. The Hall–Kier alpha value is -0.770. The fourth-order valence-corrected chi connectivity index (χ4v) is 3.32. The van der Waals surface area contributed by atoms with Crippen molar-refractivity contribution < 1.29 is 4.74 Å². The Morgan fingerprint density at radius 3 is 2.58 bits per heavy atom. The minimum absolute atomic E-state index is 0.194. The molecule has 19 heavy (non-hydrogen) atoms. The van der Waals surface area contributed by atoms with Crippen molar-refractivity contribution >= 4 is 5.96 Å². The van der Waals surface area contributed by atoms with E-state index < -0.39 is 0 Å². The molecule has 2 fully saturated rings. The van der Waals surface area contributed by atoms with Crippen LogP contribution in [0.5, 0.6) is 0 Å². The van der Waals surface area contributed by atoms with Crippen molar-refractivity contribution in [3.8, 4) is 0 Å². The van der Waals surface area contributed by atoms with E-state index in [1.54, 1.807) is 0 Å². The van der Waals surface area contributed by atoms with E-state index in [4.69, 9.17) is 4.74 Å². The van der Waals surface area contributed by atoms with Crippen molar-refractivity contribution in [2.75, 3.05) is 13.7 Å². The zero-order valence-corrected chi connectivity index (χ0v) is 13.2. The Morgan fingerprint density at radius 1 is 1.32 bits per heavy atom. The topological polar surface area (TPSA) is 45.7 Å². The highest BCUT2D eigenvalue weighted by atomic mass is 16.5. The average Bonchev–Trinajstić information content (AvgIpc) is 2.80. The van der Waals surface area contributed by atoms with Crippen molar-refractivity contribution in [2.24, 2.45) is 22.2 Å². The van der Waals surface area contributed by atoms with Crippen molar-refractivity contribution in [1.29, 1.82) is 0 Å². The molecule has 0 spiro atoms. The van der Waals surface area contributed by atoms with Crippen LogP contribution in [0.15, 0.2) is 4.99 Å². The molecule has 2 aliphatic rings. The van der Waals surface area contributed by atoms with Crippen molar-refractivity contribution in [3.63, 3.8) is 0 Å². The summed E-state index contributed by atoms with van der Waals surface area (Å²) in [7, 11) is 1.84. The van der Waals surface area contributed by atoms with Crippen LogP contribution in [0.3, 0.4) is 0 Å². The monoisotopic (exact) mass is 267 g/mol. The van der Waals surface area contributed by atoms with Crippen LogP contribution in [-0.4, -0.2) is 37.8 Å². The first-order valence-electron chi connectivity index (χ1n) is 7.49. The van der Waals surface area contributed by atoms with Gasteiger partial charge in [0.15, 0.2) is 5.96 Å². The largest absolute Gasteiger partial charge is 0.377 e. The Morgan fingerprint density at radius 2 is 2.00 bits per heavy atom. The molecule has 1 aliphatic carbocycles. The number of guanidine groups is 1. The quantitative estimate of drug-likeness (QED) is 0.607. The van der Waals surface area contributed by atoms with Gasteiger partial charge >= 0.3 is 0 Å². The molecule has 110 valence electrons. The maximum Gasteiger partial charge on any atom is 0.191 e. The Labute approximate surface area is 117 Å². The van der Waals surface area contributed by atoms with Gasteiger partial charge in [0.2, 0.25) is 0 Å². The smallest absolute Gasteiger partial charge is 0.191 e. The molecule has 4 atom stereocenters. The van der Waals surface area contributed by atoms with Gasteiger partial charge in [-0.15, -0.1) is 0 Å². The predicted molar refractivity (Wildman–Crippen MR) is 79.3 cm³/mol. The van der Waals surface area contributed by atoms with Gasteiger partial charge < -0.3 is 15.4 Å². The van der Waals surface area contributed by atoms with Gasteiger partial charge in [-0.1, -0.05) is 27.7 Å². The van der Waals surface area contributed by atoms with Crippen molar-refractivity contribution in [3.05, 3.63) is 0 Å². The lowest BCUT2D eigenvalue weighted by molar-refractivity contribution is -0.106. The van der Waals surface area contributed by atoms with E-state index in [1.807, 2.05) is 7.05 Å². The standard InChI is InChI=1S/C15H29N3O/c1-9(2)10(3)17-14(16-6)18-12-11-7-8-19-13(11)15(12,4)5/h9-13H,7-8H2,1-6H3,(H2,16,17,18). The molecule has 0 aromatic heterocycles. The van der Waals surface area contributed by atoms with E-state index >= 15 is 0 Å². The van der Waals surface area contributed by atoms with Gasteiger partial charge in [-0.25, -0.2) is 0 Å². The van der Waals surface area contributed by atoms with Crippen LogP contribution in [0.25, 0.3) is 0 Å². The van der Waals surface area contributed by atoms with Gasteiger partial charge in [0.05, 0.1) is 6.10 Å². The number of nitrogens with one attached hydrogen (secondary N) is 2. The number of hydrogen-bond acceptors (Lipinski definition) is 2. The van der Waals surface area contributed by atoms with Gasteiger partial charge in [-0.3, -0.25) is 4.99 Å². The highest BCUT2D eigenvalue weighted by Gasteiger charge is 2.59. The number of aliphatic imine (C=N–C) groups is 1. The van der Waals surface area contributed by atoms with Gasteiger partial charge in [0, 0.05) is 37.1 Å². The van der Waals surface area contributed by atoms with Crippen LogP contribution < -0.4 is 10.6 Å². The van der Waals surface area contributed by atoms with E-state index in [9.17, 15) is 0 Å². The molecular formula is C15H29N3O. The van der Waals surface area contributed by atoms with Crippen LogP contribution in [0.1, 0.15) is 41.0 Å². The molecule has 0 amide bonds. The van der Waals surface area contributed by atoms with Crippen molar-refractivity contribution in [2.45, 2.75) is 59.2 Å². The number of hydrogen-bond donors (Lipinski definition) is 2. The Bertz CT molecular complexity index is 351. The molecule has 0 radical (unpaired) electrons. The second-order valence-corrected chi connectivity index (χ2v) is 6.94. The first-order chi connectivity index (χ1) is 8.87. The second-order valence-electron chi connectivity index (χ2n) is 6.94. The number of nitrogens with zero attached hydrogens (tertiary/aromatic N) is 1. The van der Waals surface area contributed by atoms with E-state index in [-0.39, 0.29) is 5.41 Å². The average molecular weight is 267 g/mol. The molecule has 2 rings (SSSR count). The maximum absolute atomic E-state index is 5.83. The summed E-state index contributed by atoms with van der Waals surface area (Å²) in [6.07, 6.45) is 1.59. The molecule has 0 aromatic carbocycles. The minimum Gasteiger partial charge on any atom is -0.377 e. The van der Waals surface area contributed by atoms with Crippen LogP contribution in [0.2, 0.25) is 0 Å². The van der Waals surface area contributed by atoms with Crippen molar-refractivity contribution in [1.82, 2.24) is 10.6 Å². The highest BCUT2D eigenvalue weighted by molar-refractivity contribution is 5.80. The number of rotatable bonds is 3. The van der Waals surface area contributed by atoms with E-state index in [0.29, 0.717) is 30.0 Å². The van der Waals surface area contributed by atoms with E-state index in [2.05, 4.69) is 50.2 Å². The van der Waals surface area contributed by atoms with Gasteiger partial charge in [0.25, 0.3) is 0 Å². The summed E-state index contributed by atoms with van der Waals surface area (Å²) in [6, 6.07) is 0.885. The first kappa shape index (κ1) is 14.6. The third-order valence-electron chi connectivity index (χ3n) is 4.98. The summed E-state index contributed by atoms with van der Waals surface area (Å²) in [5, 5.41) is 7.09. The van der Waals surface area contributed by atoms with E-state index in [0.717, 1.165) is 12.6 Å². The van der Waals surface area contributed by atoms with Gasteiger partial charge in [-0.2, -0.15) is 0 Å². The van der Waals surface area contributed by atoms with Crippen LogP contribution in [0.4, 0.5) is 0 Å². The van der Waals surface area contributed by atoms with Crippen LogP contribution >= 0.6 is 0 Å². The summed E-state index contributed by atoms with van der Waals surface area (Å²) in [5.41, 5.74) is 0.194. The summed E-state index contributed by atoms with van der Waals surface area (Å²) in [4.78, 5) is 4.37. The predicted octanol–water partition coefficient (Wildman–Crippen LogP) is 2.01. The van der Waals surface area contributed by atoms with Gasteiger partial charge in [0.1, 0.15) is 0 Å². The Kier molecular flexibility index (Phi) is 4.09. The molecule has 4 heteroatoms. The van der Waals surface area contributed by atoms with E-state index in [1.165, 1.54) is 6.42 Å². The molecule has 0 bridgehead atoms. The molecule has 1 heterocycles. The Balaban J connectivity index is 1.96. The molecule has 1 saturated carbocycles. The normalized spacial score (nSPS) is 34.7. The third-order valence-corrected chi connectivity index (χ3v) is 4.98. The lowest BCUT2D eigenvalue weighted by atomic mass is 9.57. The fourth-order valence-electron chi connectivity index (χ4n) is 3.32. The zero-order chi connectivity index (χ0) is 14.2. The molecule has 4 unspecified atom stereocenters. The second kappa shape index (κ2) is 5.31. The third kappa shape index (κ3) is 2.60. The molecular weight excluding hydrogens is 238 g/mol. The lowest BCUT2D eigenvalue weighted by Gasteiger charge is -2.55. The fraction of sp³-hybridized carbons (Fsp3) is 0.933. The summed E-state index contributed by atoms with van der Waals surface area (Å²) < 4.78 is 5.83. The summed E-state index contributed by atoms with van der Waals surface area (Å²) >= 11 is 0. The minimum atomic E-state index is 0.194. The molecule has 1 aliphatic heterocycles. The zero-order valence-electron chi connectivity index (χ0n) is 13.2. The van der Waals surface area contributed by atoms with Crippen LogP contribution in [-0.2, 0) is 4.74 Å². The number of ether oxygens (including phenoxy) is 1. The summed E-state index contributed by atoms with van der Waals surface area (Å²) in [6.45, 7) is 12.1. The summed E-state index contributed by atoms with van der Waals surface area (Å²) in [5.74, 6) is 2.16. The molecule has 1 saturated heterocycles. The highest BCUT2D eigenvalue weighted by Crippen LogP contribution is 2.52. The SMILES string of the molecule is CN=C(NC(C)C(C)C)NC1C2CCOC2C1(C)C. The van der Waals surface area contributed by atoms with Gasteiger partial charge in [-0.05, 0) is 19.3 Å². The number of fused-ring (bicyclic) bond motifs is 1. The maximum atomic E-state index is 5.83. The molecule has 0 aromatic rings. The molecule has 4 nitrogen and oxygen atoms in total. The first-order valence-corrected chi connectivity index (χ1v) is 7.49.